The molecule has 0 fully saturated rings. The molecule has 0 aliphatic heterocycles. The Kier molecular flexibility index (Phi) is 3.27. The van der Waals surface area contributed by atoms with E-state index in [4.69, 9.17) is 4.74 Å². The van der Waals surface area contributed by atoms with Crippen molar-refractivity contribution in [3.05, 3.63) is 64.4 Å². The van der Waals surface area contributed by atoms with Gasteiger partial charge in [0, 0.05) is 22.4 Å². The highest BCUT2D eigenvalue weighted by atomic mass is 16.5. The predicted octanol–water partition coefficient (Wildman–Crippen LogP) is 3.41. The summed E-state index contributed by atoms with van der Waals surface area (Å²) in [5.41, 5.74) is 2.04. The molecule has 0 saturated carbocycles. The van der Waals surface area contributed by atoms with Gasteiger partial charge in [-0.15, -0.1) is 0 Å². The van der Waals surface area contributed by atoms with Gasteiger partial charge in [-0.3, -0.25) is 4.79 Å². The third-order valence-corrected chi connectivity index (χ3v) is 4.05. The zero-order valence-electron chi connectivity index (χ0n) is 13.0. The molecule has 24 heavy (non-hydrogen) atoms. The average molecular weight is 318 g/mol. The molecular weight excluding hydrogens is 304 g/mol. The largest absolute Gasteiger partial charge is 0.462 e. The number of esters is 1. The summed E-state index contributed by atoms with van der Waals surface area (Å²) in [6, 6.07) is 13.3. The molecule has 0 unspecified atom stereocenters. The number of carbonyl (C=O) groups excluding carboxylic acids is 1. The Morgan fingerprint density at radius 1 is 1.12 bits per heavy atom. The van der Waals surface area contributed by atoms with E-state index in [2.05, 4.69) is 9.97 Å². The van der Waals surface area contributed by atoms with E-state index in [9.17, 15) is 9.59 Å². The van der Waals surface area contributed by atoms with Gasteiger partial charge in [0.1, 0.15) is 5.56 Å². The Morgan fingerprint density at radius 3 is 2.79 bits per heavy atom. The van der Waals surface area contributed by atoms with Gasteiger partial charge >= 0.3 is 5.97 Å². The summed E-state index contributed by atoms with van der Waals surface area (Å²) in [5.74, 6) is -0.614. The van der Waals surface area contributed by atoms with E-state index in [0.717, 1.165) is 21.8 Å². The van der Waals surface area contributed by atoms with E-state index in [0.29, 0.717) is 10.9 Å². The van der Waals surface area contributed by atoms with E-state index < -0.39 is 5.97 Å². The number of hydrogen-bond donors (Lipinski definition) is 1. The van der Waals surface area contributed by atoms with Crippen LogP contribution in [0.5, 0.6) is 0 Å². The third kappa shape index (κ3) is 2.13. The number of aromatic amines is 1. The fourth-order valence-electron chi connectivity index (χ4n) is 2.91. The fourth-order valence-corrected chi connectivity index (χ4v) is 2.91. The molecule has 0 atom stereocenters. The number of ether oxygens (including phenoxy) is 1. The number of H-pyrrole nitrogens is 1. The van der Waals surface area contributed by atoms with Gasteiger partial charge in [0.2, 0.25) is 5.43 Å². The summed E-state index contributed by atoms with van der Waals surface area (Å²) in [5, 5.41) is 2.29. The van der Waals surface area contributed by atoms with Gasteiger partial charge < -0.3 is 9.72 Å². The molecule has 0 aliphatic rings. The number of nitrogens with one attached hydrogen (secondary N) is 1. The second kappa shape index (κ2) is 5.45. The summed E-state index contributed by atoms with van der Waals surface area (Å²) in [4.78, 5) is 32.2. The van der Waals surface area contributed by atoms with Crippen molar-refractivity contribution in [2.24, 2.45) is 0 Å². The van der Waals surface area contributed by atoms with Crippen LogP contribution in [0.1, 0.15) is 17.3 Å². The molecule has 0 radical (unpaired) electrons. The number of fused-ring (bicyclic) bond motifs is 4. The maximum absolute atomic E-state index is 12.6. The first-order valence-electron chi connectivity index (χ1n) is 7.70. The van der Waals surface area contributed by atoms with Gasteiger partial charge in [-0.25, -0.2) is 9.78 Å². The van der Waals surface area contributed by atoms with Crippen molar-refractivity contribution in [3.8, 4) is 0 Å². The Bertz CT molecular complexity index is 1160. The molecule has 0 bridgehead atoms. The van der Waals surface area contributed by atoms with E-state index in [1.54, 1.807) is 19.1 Å². The summed E-state index contributed by atoms with van der Waals surface area (Å²) >= 11 is 0. The van der Waals surface area contributed by atoms with Crippen LogP contribution < -0.4 is 5.43 Å². The van der Waals surface area contributed by atoms with Crippen molar-refractivity contribution in [2.75, 3.05) is 6.61 Å². The van der Waals surface area contributed by atoms with Crippen molar-refractivity contribution in [2.45, 2.75) is 6.92 Å². The molecule has 0 amide bonds. The smallest absolute Gasteiger partial charge is 0.343 e. The van der Waals surface area contributed by atoms with Gasteiger partial charge in [0.05, 0.1) is 23.2 Å². The molecule has 4 rings (SSSR count). The van der Waals surface area contributed by atoms with Gasteiger partial charge in [-0.1, -0.05) is 18.2 Å². The second-order valence-corrected chi connectivity index (χ2v) is 5.49. The summed E-state index contributed by atoms with van der Waals surface area (Å²) in [6.45, 7) is 1.93. The minimum Gasteiger partial charge on any atom is -0.462 e. The highest BCUT2D eigenvalue weighted by Gasteiger charge is 2.15. The van der Waals surface area contributed by atoms with Crippen LogP contribution in [-0.2, 0) is 4.74 Å². The van der Waals surface area contributed by atoms with Crippen LogP contribution in [0.2, 0.25) is 0 Å². The molecule has 1 N–H and O–H groups in total. The zero-order chi connectivity index (χ0) is 16.7. The van der Waals surface area contributed by atoms with Crippen LogP contribution in [-0.4, -0.2) is 22.5 Å². The van der Waals surface area contributed by atoms with Crippen molar-refractivity contribution >= 4 is 38.7 Å². The second-order valence-electron chi connectivity index (χ2n) is 5.49. The third-order valence-electron chi connectivity index (χ3n) is 4.05. The minimum absolute atomic E-state index is 0.0115. The normalized spacial score (nSPS) is 11.2. The first-order valence-corrected chi connectivity index (χ1v) is 7.70. The SMILES string of the molecule is CCOC(=O)c1c[nH]c2c(ccc3nc4ccccc4cc32)c1=O. The molecule has 2 heterocycles. The number of benzene rings is 2. The highest BCUT2D eigenvalue weighted by Crippen LogP contribution is 2.25. The number of para-hydroxylation sites is 1. The van der Waals surface area contributed by atoms with Crippen molar-refractivity contribution < 1.29 is 9.53 Å². The molecule has 0 aliphatic carbocycles. The average Bonchev–Trinajstić information content (AvgIpc) is 2.60. The van der Waals surface area contributed by atoms with E-state index in [-0.39, 0.29) is 17.6 Å². The fraction of sp³-hybridized carbons (Fsp3) is 0.105. The molecule has 5 heteroatoms. The van der Waals surface area contributed by atoms with Crippen LogP contribution in [0.15, 0.2) is 53.5 Å². The number of nitrogens with zero attached hydrogens (tertiary/aromatic N) is 1. The Morgan fingerprint density at radius 2 is 1.96 bits per heavy atom. The lowest BCUT2D eigenvalue weighted by atomic mass is 10.1. The first kappa shape index (κ1) is 14.4. The summed E-state index contributed by atoms with van der Waals surface area (Å²) in [7, 11) is 0. The molecular formula is C19H14N2O3. The Hall–Kier alpha value is -3.21. The number of carbonyl (C=O) groups is 1. The number of hydrogen-bond acceptors (Lipinski definition) is 4. The number of aromatic nitrogens is 2. The van der Waals surface area contributed by atoms with Gasteiger partial charge in [0.15, 0.2) is 0 Å². The zero-order valence-corrected chi connectivity index (χ0v) is 13.0. The molecule has 5 nitrogen and oxygen atoms in total. The standard InChI is InChI=1S/C19H14N2O3/c1-2-24-19(23)14-10-20-17-12(18(14)22)7-8-16-13(17)9-11-5-3-4-6-15(11)21-16/h3-10H,2H2,1H3,(H,20,22). The molecule has 4 aromatic rings. The van der Waals surface area contributed by atoms with Gasteiger partial charge in [-0.05, 0) is 31.2 Å². The van der Waals surface area contributed by atoms with Crippen LogP contribution in [0.3, 0.4) is 0 Å². The predicted molar refractivity (Wildman–Crippen MR) is 93.3 cm³/mol. The lowest BCUT2D eigenvalue weighted by Gasteiger charge is -2.07. The van der Waals surface area contributed by atoms with Crippen LogP contribution in [0.4, 0.5) is 0 Å². The molecule has 2 aromatic heterocycles. The lowest BCUT2D eigenvalue weighted by molar-refractivity contribution is 0.0524. The monoisotopic (exact) mass is 318 g/mol. The van der Waals surface area contributed by atoms with E-state index >= 15 is 0 Å². The molecule has 2 aromatic carbocycles. The summed E-state index contributed by atoms with van der Waals surface area (Å²) in [6.07, 6.45) is 1.41. The Labute approximate surface area is 136 Å². The van der Waals surface area contributed by atoms with Gasteiger partial charge in [-0.2, -0.15) is 0 Å². The van der Waals surface area contributed by atoms with E-state index in [1.807, 2.05) is 30.3 Å². The number of rotatable bonds is 2. The molecule has 118 valence electrons. The van der Waals surface area contributed by atoms with Crippen LogP contribution in [0.25, 0.3) is 32.7 Å². The van der Waals surface area contributed by atoms with Crippen molar-refractivity contribution in [1.29, 1.82) is 0 Å². The topological polar surface area (TPSA) is 72.1 Å². The first-order chi connectivity index (χ1) is 11.7. The maximum atomic E-state index is 12.6. The quantitative estimate of drug-likeness (QED) is 0.349. The van der Waals surface area contributed by atoms with E-state index in [1.165, 1.54) is 6.20 Å². The molecule has 0 saturated heterocycles. The molecule has 0 spiro atoms. The highest BCUT2D eigenvalue weighted by molar-refractivity contribution is 6.08. The summed E-state index contributed by atoms with van der Waals surface area (Å²) < 4.78 is 4.93. The lowest BCUT2D eigenvalue weighted by Crippen LogP contribution is -2.18. The van der Waals surface area contributed by atoms with Crippen molar-refractivity contribution in [1.82, 2.24) is 9.97 Å². The van der Waals surface area contributed by atoms with Crippen LogP contribution >= 0.6 is 0 Å². The van der Waals surface area contributed by atoms with Gasteiger partial charge in [0.25, 0.3) is 0 Å². The van der Waals surface area contributed by atoms with Crippen LogP contribution in [0, 0.1) is 0 Å². The maximum Gasteiger partial charge on any atom is 0.343 e. The van der Waals surface area contributed by atoms with Crippen molar-refractivity contribution in [3.63, 3.8) is 0 Å². The Balaban J connectivity index is 2.04. The minimum atomic E-state index is -0.614. The number of pyridine rings is 2.